The first-order chi connectivity index (χ1) is 7.38. The first-order valence-electron chi connectivity index (χ1n) is 5.68. The number of hydrogen-bond donors (Lipinski definition) is 1. The third kappa shape index (κ3) is 3.24. The Morgan fingerprint density at radius 1 is 1.67 bits per heavy atom. The third-order valence-corrected chi connectivity index (χ3v) is 4.03. The minimum Gasteiger partial charge on any atom is -0.312 e. The molecule has 1 aliphatic heterocycles. The fourth-order valence-corrected chi connectivity index (χ4v) is 3.12. The molecule has 1 N–H and O–H groups in total. The average molecular weight is 225 g/mol. The molecule has 1 aliphatic rings. The van der Waals surface area contributed by atoms with Crippen LogP contribution in [0.2, 0.25) is 0 Å². The fourth-order valence-electron chi connectivity index (χ4n) is 1.84. The van der Waals surface area contributed by atoms with Gasteiger partial charge in [0.05, 0.1) is 6.20 Å². The molecule has 1 aromatic heterocycles. The van der Waals surface area contributed by atoms with Crippen molar-refractivity contribution in [3.8, 4) is 0 Å². The van der Waals surface area contributed by atoms with E-state index in [0.29, 0.717) is 0 Å². The zero-order valence-electron chi connectivity index (χ0n) is 9.28. The average Bonchev–Trinajstić information content (AvgIpc) is 2.88. The van der Waals surface area contributed by atoms with Crippen molar-refractivity contribution in [1.29, 1.82) is 0 Å². The van der Waals surface area contributed by atoms with E-state index in [1.54, 1.807) is 0 Å². The van der Waals surface area contributed by atoms with Gasteiger partial charge in [0, 0.05) is 24.8 Å². The summed E-state index contributed by atoms with van der Waals surface area (Å²) in [5.41, 5.74) is 1.29. The SMILES string of the molecule is CCn1cc(CNCC2CCSC2)cn1. The van der Waals surface area contributed by atoms with Gasteiger partial charge in [0.2, 0.25) is 0 Å². The molecule has 0 aromatic carbocycles. The smallest absolute Gasteiger partial charge is 0.0534 e. The number of nitrogens with one attached hydrogen (secondary N) is 1. The monoisotopic (exact) mass is 225 g/mol. The van der Waals surface area contributed by atoms with Gasteiger partial charge in [-0.3, -0.25) is 4.68 Å². The molecule has 1 atom stereocenters. The van der Waals surface area contributed by atoms with E-state index in [2.05, 4.69) is 35.3 Å². The molecule has 0 saturated carbocycles. The van der Waals surface area contributed by atoms with E-state index < -0.39 is 0 Å². The van der Waals surface area contributed by atoms with Crippen LogP contribution < -0.4 is 5.32 Å². The Morgan fingerprint density at radius 2 is 2.60 bits per heavy atom. The molecule has 1 saturated heterocycles. The van der Waals surface area contributed by atoms with Crippen molar-refractivity contribution in [1.82, 2.24) is 15.1 Å². The van der Waals surface area contributed by atoms with E-state index in [1.165, 1.54) is 23.5 Å². The number of aryl methyl sites for hydroxylation is 1. The quantitative estimate of drug-likeness (QED) is 0.828. The fraction of sp³-hybridized carbons (Fsp3) is 0.727. The Morgan fingerprint density at radius 3 is 3.27 bits per heavy atom. The van der Waals surface area contributed by atoms with Crippen LogP contribution in [0.5, 0.6) is 0 Å². The summed E-state index contributed by atoms with van der Waals surface area (Å²) in [6.07, 6.45) is 5.46. The zero-order chi connectivity index (χ0) is 10.5. The lowest BCUT2D eigenvalue weighted by Crippen LogP contribution is -2.22. The lowest BCUT2D eigenvalue weighted by molar-refractivity contribution is 0.523. The molecular formula is C11H19N3S. The van der Waals surface area contributed by atoms with Gasteiger partial charge in [0.15, 0.2) is 0 Å². The highest BCUT2D eigenvalue weighted by Crippen LogP contribution is 2.22. The third-order valence-electron chi connectivity index (χ3n) is 2.80. The lowest BCUT2D eigenvalue weighted by atomic mass is 10.1. The van der Waals surface area contributed by atoms with Gasteiger partial charge in [0.25, 0.3) is 0 Å². The lowest BCUT2D eigenvalue weighted by Gasteiger charge is -2.08. The van der Waals surface area contributed by atoms with Gasteiger partial charge >= 0.3 is 0 Å². The van der Waals surface area contributed by atoms with Gasteiger partial charge in [-0.1, -0.05) is 0 Å². The van der Waals surface area contributed by atoms with E-state index in [0.717, 1.165) is 25.6 Å². The van der Waals surface area contributed by atoms with Gasteiger partial charge < -0.3 is 5.32 Å². The molecular weight excluding hydrogens is 206 g/mol. The van der Waals surface area contributed by atoms with Gasteiger partial charge in [-0.2, -0.15) is 16.9 Å². The van der Waals surface area contributed by atoms with Gasteiger partial charge in [-0.05, 0) is 37.3 Å². The van der Waals surface area contributed by atoms with Crippen molar-refractivity contribution in [2.24, 2.45) is 5.92 Å². The molecule has 0 radical (unpaired) electrons. The van der Waals surface area contributed by atoms with Crippen LogP contribution in [0.4, 0.5) is 0 Å². The first kappa shape index (κ1) is 11.0. The van der Waals surface area contributed by atoms with Crippen LogP contribution in [0.15, 0.2) is 12.4 Å². The molecule has 0 spiro atoms. The van der Waals surface area contributed by atoms with Crippen molar-refractivity contribution < 1.29 is 0 Å². The van der Waals surface area contributed by atoms with Gasteiger partial charge in [-0.25, -0.2) is 0 Å². The molecule has 15 heavy (non-hydrogen) atoms. The number of nitrogens with zero attached hydrogens (tertiary/aromatic N) is 2. The van der Waals surface area contributed by atoms with Crippen molar-refractivity contribution in [3.63, 3.8) is 0 Å². The molecule has 0 amide bonds. The van der Waals surface area contributed by atoms with E-state index >= 15 is 0 Å². The van der Waals surface area contributed by atoms with E-state index in [1.807, 2.05) is 10.9 Å². The van der Waals surface area contributed by atoms with E-state index in [9.17, 15) is 0 Å². The van der Waals surface area contributed by atoms with Gasteiger partial charge in [-0.15, -0.1) is 0 Å². The minimum atomic E-state index is 0.885. The highest BCUT2D eigenvalue weighted by Gasteiger charge is 2.14. The van der Waals surface area contributed by atoms with Crippen molar-refractivity contribution in [2.75, 3.05) is 18.1 Å². The number of rotatable bonds is 5. The van der Waals surface area contributed by atoms with Crippen LogP contribution in [0.25, 0.3) is 0 Å². The number of thioether (sulfide) groups is 1. The Bertz CT molecular complexity index is 292. The Hall–Kier alpha value is -0.480. The van der Waals surface area contributed by atoms with Crippen LogP contribution >= 0.6 is 11.8 Å². The van der Waals surface area contributed by atoms with Crippen LogP contribution in [-0.2, 0) is 13.1 Å². The molecule has 1 fully saturated rings. The van der Waals surface area contributed by atoms with E-state index in [4.69, 9.17) is 0 Å². The van der Waals surface area contributed by atoms with Crippen molar-refractivity contribution >= 4 is 11.8 Å². The largest absolute Gasteiger partial charge is 0.312 e. The maximum atomic E-state index is 4.26. The number of aromatic nitrogens is 2. The minimum absolute atomic E-state index is 0.885. The van der Waals surface area contributed by atoms with Crippen molar-refractivity contribution in [3.05, 3.63) is 18.0 Å². The molecule has 4 heteroatoms. The second-order valence-corrected chi connectivity index (χ2v) is 5.21. The summed E-state index contributed by atoms with van der Waals surface area (Å²) in [6, 6.07) is 0. The second kappa shape index (κ2) is 5.56. The van der Waals surface area contributed by atoms with Gasteiger partial charge in [0.1, 0.15) is 0 Å². The topological polar surface area (TPSA) is 29.9 Å². The molecule has 2 rings (SSSR count). The Balaban J connectivity index is 1.68. The number of hydrogen-bond acceptors (Lipinski definition) is 3. The normalized spacial score (nSPS) is 21.0. The predicted molar refractivity (Wildman–Crippen MR) is 65.0 cm³/mol. The molecule has 84 valence electrons. The molecule has 2 heterocycles. The maximum Gasteiger partial charge on any atom is 0.0534 e. The molecule has 1 aromatic rings. The molecule has 1 unspecified atom stereocenters. The maximum absolute atomic E-state index is 4.26. The summed E-state index contributed by atoms with van der Waals surface area (Å²) < 4.78 is 1.97. The summed E-state index contributed by atoms with van der Waals surface area (Å²) in [5.74, 6) is 3.57. The van der Waals surface area contributed by atoms with Crippen LogP contribution in [0.3, 0.4) is 0 Å². The van der Waals surface area contributed by atoms with Crippen LogP contribution in [-0.4, -0.2) is 27.8 Å². The summed E-state index contributed by atoms with van der Waals surface area (Å²) in [5, 5.41) is 7.77. The summed E-state index contributed by atoms with van der Waals surface area (Å²) in [6.45, 7) is 5.19. The second-order valence-electron chi connectivity index (χ2n) is 4.06. The summed E-state index contributed by atoms with van der Waals surface area (Å²) in [4.78, 5) is 0. The highest BCUT2D eigenvalue weighted by atomic mass is 32.2. The Kier molecular flexibility index (Phi) is 4.09. The summed E-state index contributed by atoms with van der Waals surface area (Å²) in [7, 11) is 0. The first-order valence-corrected chi connectivity index (χ1v) is 6.83. The predicted octanol–water partition coefficient (Wildman–Crippen LogP) is 1.75. The van der Waals surface area contributed by atoms with Crippen molar-refractivity contribution in [2.45, 2.75) is 26.4 Å². The molecule has 0 aliphatic carbocycles. The van der Waals surface area contributed by atoms with Crippen LogP contribution in [0, 0.1) is 5.92 Å². The molecule has 3 nitrogen and oxygen atoms in total. The molecule has 0 bridgehead atoms. The Labute approximate surface area is 95.6 Å². The highest BCUT2D eigenvalue weighted by molar-refractivity contribution is 7.99. The van der Waals surface area contributed by atoms with Crippen LogP contribution in [0.1, 0.15) is 18.9 Å². The standard InChI is InChI=1S/C11H19N3S/c1-2-14-8-11(7-13-14)6-12-5-10-3-4-15-9-10/h7-8,10,12H,2-6,9H2,1H3. The summed E-state index contributed by atoms with van der Waals surface area (Å²) >= 11 is 2.08. The zero-order valence-corrected chi connectivity index (χ0v) is 10.1. The van der Waals surface area contributed by atoms with E-state index in [-0.39, 0.29) is 0 Å².